The summed E-state index contributed by atoms with van der Waals surface area (Å²) in [5, 5.41) is 10.3. The van der Waals surface area contributed by atoms with Crippen molar-refractivity contribution in [3.63, 3.8) is 0 Å². The van der Waals surface area contributed by atoms with Gasteiger partial charge < -0.3 is 0 Å². The summed E-state index contributed by atoms with van der Waals surface area (Å²) >= 11 is 13.4. The SMILES string of the molecule is N#CCc1c(Cl)ccc2sc(Cl)cc12. The van der Waals surface area contributed by atoms with Crippen molar-refractivity contribution in [2.24, 2.45) is 0 Å². The average Bonchev–Trinajstić information content (AvgIpc) is 2.51. The predicted molar refractivity (Wildman–Crippen MR) is 61.2 cm³/mol. The number of benzene rings is 1. The topological polar surface area (TPSA) is 23.8 Å². The Bertz CT molecular complexity index is 525. The van der Waals surface area contributed by atoms with Gasteiger partial charge in [-0.25, -0.2) is 0 Å². The lowest BCUT2D eigenvalue weighted by Crippen LogP contribution is -1.83. The van der Waals surface area contributed by atoms with Crippen LogP contribution in [-0.2, 0) is 6.42 Å². The monoisotopic (exact) mass is 241 g/mol. The Morgan fingerprint density at radius 3 is 2.86 bits per heavy atom. The molecular weight excluding hydrogens is 237 g/mol. The molecule has 0 atom stereocenters. The third-order valence-electron chi connectivity index (χ3n) is 1.98. The molecule has 0 bridgehead atoms. The Morgan fingerprint density at radius 1 is 1.36 bits per heavy atom. The first-order valence-electron chi connectivity index (χ1n) is 3.95. The molecule has 14 heavy (non-hydrogen) atoms. The summed E-state index contributed by atoms with van der Waals surface area (Å²) in [4.78, 5) is 0. The fraction of sp³-hybridized carbons (Fsp3) is 0.100. The number of thiophene rings is 1. The van der Waals surface area contributed by atoms with Gasteiger partial charge in [0.25, 0.3) is 0 Å². The second-order valence-corrected chi connectivity index (χ2v) is 4.95. The number of halogens is 2. The van der Waals surface area contributed by atoms with Gasteiger partial charge in [0.05, 0.1) is 16.8 Å². The first-order chi connectivity index (χ1) is 6.72. The van der Waals surface area contributed by atoms with E-state index in [2.05, 4.69) is 6.07 Å². The molecular formula is C10H5Cl2NS. The van der Waals surface area contributed by atoms with Crippen LogP contribution in [0.2, 0.25) is 9.36 Å². The maximum absolute atomic E-state index is 8.67. The van der Waals surface area contributed by atoms with Crippen LogP contribution in [-0.4, -0.2) is 0 Å². The van der Waals surface area contributed by atoms with Crippen molar-refractivity contribution in [2.45, 2.75) is 6.42 Å². The van der Waals surface area contributed by atoms with Crippen molar-refractivity contribution in [1.82, 2.24) is 0 Å². The van der Waals surface area contributed by atoms with Gasteiger partial charge in [-0.15, -0.1) is 11.3 Å². The van der Waals surface area contributed by atoms with E-state index in [4.69, 9.17) is 28.5 Å². The predicted octanol–water partition coefficient (Wildman–Crippen LogP) is 4.27. The second-order valence-electron chi connectivity index (χ2n) is 2.82. The van der Waals surface area contributed by atoms with Crippen molar-refractivity contribution in [3.05, 3.63) is 33.1 Å². The van der Waals surface area contributed by atoms with E-state index >= 15 is 0 Å². The van der Waals surface area contributed by atoms with E-state index in [0.29, 0.717) is 11.4 Å². The molecule has 1 heterocycles. The Labute approximate surface area is 95.5 Å². The van der Waals surface area contributed by atoms with Crippen LogP contribution in [0.1, 0.15) is 5.56 Å². The number of hydrogen-bond donors (Lipinski definition) is 0. The van der Waals surface area contributed by atoms with Crippen molar-refractivity contribution >= 4 is 44.6 Å². The van der Waals surface area contributed by atoms with Gasteiger partial charge in [0.2, 0.25) is 0 Å². The molecule has 1 nitrogen and oxygen atoms in total. The van der Waals surface area contributed by atoms with Gasteiger partial charge in [0.1, 0.15) is 0 Å². The molecule has 1 aromatic carbocycles. The van der Waals surface area contributed by atoms with Crippen LogP contribution < -0.4 is 0 Å². The normalized spacial score (nSPS) is 10.4. The van der Waals surface area contributed by atoms with Crippen molar-refractivity contribution in [2.75, 3.05) is 0 Å². The van der Waals surface area contributed by atoms with Gasteiger partial charge in [-0.2, -0.15) is 5.26 Å². The molecule has 0 aliphatic rings. The highest BCUT2D eigenvalue weighted by Gasteiger charge is 2.08. The highest BCUT2D eigenvalue weighted by atomic mass is 35.5. The van der Waals surface area contributed by atoms with Crippen LogP contribution in [0, 0.1) is 11.3 Å². The van der Waals surface area contributed by atoms with Crippen LogP contribution >= 0.6 is 34.5 Å². The van der Waals surface area contributed by atoms with E-state index in [-0.39, 0.29) is 0 Å². The molecule has 0 spiro atoms. The van der Waals surface area contributed by atoms with Crippen molar-refractivity contribution in [1.29, 1.82) is 5.26 Å². The second kappa shape index (κ2) is 3.78. The quantitative estimate of drug-likeness (QED) is 0.732. The lowest BCUT2D eigenvalue weighted by molar-refractivity contribution is 1.29. The summed E-state index contributed by atoms with van der Waals surface area (Å²) in [6.45, 7) is 0. The molecule has 2 rings (SSSR count). The van der Waals surface area contributed by atoms with E-state index in [1.807, 2.05) is 18.2 Å². The van der Waals surface area contributed by atoms with Crippen LogP contribution in [0.4, 0.5) is 0 Å². The Kier molecular flexibility index (Phi) is 2.64. The van der Waals surface area contributed by atoms with Crippen LogP contribution in [0.25, 0.3) is 10.1 Å². The molecule has 1 aromatic heterocycles. The van der Waals surface area contributed by atoms with E-state index in [0.717, 1.165) is 20.0 Å². The largest absolute Gasteiger partial charge is 0.198 e. The number of hydrogen-bond acceptors (Lipinski definition) is 2. The fourth-order valence-electron chi connectivity index (χ4n) is 1.37. The standard InChI is InChI=1S/C10H5Cl2NS/c11-8-1-2-9-7(5-10(12)14-9)6(8)3-4-13/h1-2,5H,3H2. The molecule has 0 aliphatic carbocycles. The third-order valence-corrected chi connectivity index (χ3v) is 3.56. The van der Waals surface area contributed by atoms with Gasteiger partial charge in [-0.05, 0) is 29.1 Å². The number of rotatable bonds is 1. The maximum atomic E-state index is 8.67. The van der Waals surface area contributed by atoms with Crippen molar-refractivity contribution < 1.29 is 0 Å². The van der Waals surface area contributed by atoms with Crippen LogP contribution in [0.5, 0.6) is 0 Å². The molecule has 0 saturated carbocycles. The summed E-state index contributed by atoms with van der Waals surface area (Å²) in [5.74, 6) is 0. The summed E-state index contributed by atoms with van der Waals surface area (Å²) in [5.41, 5.74) is 0.870. The molecule has 0 fully saturated rings. The Morgan fingerprint density at radius 2 is 2.14 bits per heavy atom. The number of nitrogens with zero attached hydrogens (tertiary/aromatic N) is 1. The van der Waals surface area contributed by atoms with Crippen LogP contribution in [0.3, 0.4) is 0 Å². The summed E-state index contributed by atoms with van der Waals surface area (Å²) < 4.78 is 1.80. The lowest BCUT2D eigenvalue weighted by atomic mass is 10.1. The molecule has 2 aromatic rings. The Hall–Kier alpha value is -0.750. The fourth-order valence-corrected chi connectivity index (χ4v) is 2.78. The molecule has 0 unspecified atom stereocenters. The lowest BCUT2D eigenvalue weighted by Gasteiger charge is -2.00. The zero-order valence-electron chi connectivity index (χ0n) is 7.05. The van der Waals surface area contributed by atoms with E-state index in [1.54, 1.807) is 0 Å². The van der Waals surface area contributed by atoms with Gasteiger partial charge in [0, 0.05) is 9.72 Å². The first kappa shape index (κ1) is 9.79. The highest BCUT2D eigenvalue weighted by molar-refractivity contribution is 7.22. The average molecular weight is 242 g/mol. The zero-order chi connectivity index (χ0) is 10.1. The summed E-state index contributed by atoms with van der Waals surface area (Å²) in [7, 11) is 0. The molecule has 0 radical (unpaired) electrons. The van der Waals surface area contributed by atoms with E-state index in [1.165, 1.54) is 11.3 Å². The first-order valence-corrected chi connectivity index (χ1v) is 5.53. The molecule has 0 aliphatic heterocycles. The molecule has 0 N–H and O–H groups in total. The summed E-state index contributed by atoms with van der Waals surface area (Å²) in [6.07, 6.45) is 0.323. The third kappa shape index (κ3) is 1.59. The summed E-state index contributed by atoms with van der Waals surface area (Å²) in [6, 6.07) is 7.70. The van der Waals surface area contributed by atoms with Gasteiger partial charge in [-0.1, -0.05) is 23.2 Å². The van der Waals surface area contributed by atoms with Gasteiger partial charge >= 0.3 is 0 Å². The minimum Gasteiger partial charge on any atom is -0.198 e. The minimum absolute atomic E-state index is 0.323. The molecule has 0 amide bonds. The van der Waals surface area contributed by atoms with E-state index < -0.39 is 0 Å². The maximum Gasteiger partial charge on any atom is 0.0940 e. The molecule has 0 saturated heterocycles. The Balaban J connectivity index is 2.76. The van der Waals surface area contributed by atoms with Gasteiger partial charge in [-0.3, -0.25) is 0 Å². The van der Waals surface area contributed by atoms with Crippen molar-refractivity contribution in [3.8, 4) is 6.07 Å². The van der Waals surface area contributed by atoms with Crippen LogP contribution in [0.15, 0.2) is 18.2 Å². The van der Waals surface area contributed by atoms with E-state index in [9.17, 15) is 0 Å². The minimum atomic E-state index is 0.323. The number of nitriles is 1. The zero-order valence-corrected chi connectivity index (χ0v) is 9.38. The number of fused-ring (bicyclic) bond motifs is 1. The highest BCUT2D eigenvalue weighted by Crippen LogP contribution is 2.34. The molecule has 4 heteroatoms. The van der Waals surface area contributed by atoms with Gasteiger partial charge in [0.15, 0.2) is 0 Å². The smallest absolute Gasteiger partial charge is 0.0940 e. The molecule has 70 valence electrons.